The molecule has 0 saturated heterocycles. The number of aryl methyl sites for hydroxylation is 2. The number of hydrogen-bond donors (Lipinski definition) is 0. The minimum atomic E-state index is 1.22. The van der Waals surface area contributed by atoms with Gasteiger partial charge in [-0.1, -0.05) is 26.7 Å². The normalized spacial score (nSPS) is 10.9. The molecule has 2 aromatic heterocycles. The van der Waals surface area contributed by atoms with Crippen LogP contribution >= 0.6 is 22.7 Å². The van der Waals surface area contributed by atoms with Crippen molar-refractivity contribution in [2.75, 3.05) is 0 Å². The van der Waals surface area contributed by atoms with Gasteiger partial charge in [0.1, 0.15) is 0 Å². The van der Waals surface area contributed by atoms with Crippen LogP contribution in [0.3, 0.4) is 0 Å². The van der Waals surface area contributed by atoms with Gasteiger partial charge in [0.2, 0.25) is 0 Å². The molecule has 0 saturated carbocycles. The van der Waals surface area contributed by atoms with E-state index in [4.69, 9.17) is 0 Å². The Balaban J connectivity index is 2.14. The second-order valence-electron chi connectivity index (χ2n) is 4.03. The summed E-state index contributed by atoms with van der Waals surface area (Å²) in [6, 6.07) is 9.11. The fourth-order valence-electron chi connectivity index (χ4n) is 1.78. The fourth-order valence-corrected chi connectivity index (χ4v) is 4.09. The van der Waals surface area contributed by atoms with E-state index in [2.05, 4.69) is 38.1 Å². The molecular weight excluding hydrogens is 232 g/mol. The van der Waals surface area contributed by atoms with E-state index in [1.165, 1.54) is 45.2 Å². The van der Waals surface area contributed by atoms with Crippen LogP contribution in [0, 0.1) is 0 Å². The smallest absolute Gasteiger partial charge is 0.0445 e. The topological polar surface area (TPSA) is 0 Å². The Kier molecular flexibility index (Phi) is 4.19. The van der Waals surface area contributed by atoms with Gasteiger partial charge in [0.15, 0.2) is 0 Å². The first-order chi connectivity index (χ1) is 7.83. The van der Waals surface area contributed by atoms with Crippen molar-refractivity contribution >= 4 is 22.7 Å². The molecule has 0 amide bonds. The Bertz CT molecular complexity index is 395. The molecule has 0 spiro atoms. The third-order valence-corrected chi connectivity index (χ3v) is 5.04. The van der Waals surface area contributed by atoms with Crippen molar-refractivity contribution in [1.82, 2.24) is 0 Å². The average molecular weight is 250 g/mol. The third kappa shape index (κ3) is 2.74. The summed E-state index contributed by atoms with van der Waals surface area (Å²) in [6.45, 7) is 4.48. The molecule has 2 heteroatoms. The Morgan fingerprint density at radius 1 is 0.750 bits per heavy atom. The first-order valence-electron chi connectivity index (χ1n) is 6.01. The molecule has 0 unspecified atom stereocenters. The molecular formula is C14H18S2. The highest BCUT2D eigenvalue weighted by Crippen LogP contribution is 2.34. The van der Waals surface area contributed by atoms with Crippen LogP contribution in [-0.2, 0) is 12.8 Å². The summed E-state index contributed by atoms with van der Waals surface area (Å²) in [7, 11) is 0. The highest BCUT2D eigenvalue weighted by Gasteiger charge is 2.05. The van der Waals surface area contributed by atoms with Gasteiger partial charge in [-0.2, -0.15) is 0 Å². The Hall–Kier alpha value is -0.600. The van der Waals surface area contributed by atoms with Crippen molar-refractivity contribution < 1.29 is 0 Å². The maximum Gasteiger partial charge on any atom is 0.0445 e. The van der Waals surface area contributed by atoms with Crippen molar-refractivity contribution in [3.63, 3.8) is 0 Å². The SMILES string of the molecule is CCCc1ccc(-c2ccc(CCC)s2)s1. The van der Waals surface area contributed by atoms with Crippen LogP contribution in [0.15, 0.2) is 24.3 Å². The van der Waals surface area contributed by atoms with Gasteiger partial charge in [-0.15, -0.1) is 22.7 Å². The molecule has 0 bridgehead atoms. The lowest BCUT2D eigenvalue weighted by molar-refractivity contribution is 0.940. The number of rotatable bonds is 5. The number of thiophene rings is 2. The zero-order valence-corrected chi connectivity index (χ0v) is 11.6. The largest absolute Gasteiger partial charge is 0.139 e. The Morgan fingerprint density at radius 2 is 1.19 bits per heavy atom. The van der Waals surface area contributed by atoms with Crippen molar-refractivity contribution in [2.24, 2.45) is 0 Å². The van der Waals surface area contributed by atoms with Crippen LogP contribution in [0.4, 0.5) is 0 Å². The summed E-state index contributed by atoms with van der Waals surface area (Å²) in [5.74, 6) is 0. The van der Waals surface area contributed by atoms with E-state index in [9.17, 15) is 0 Å². The molecule has 0 radical (unpaired) electrons. The van der Waals surface area contributed by atoms with E-state index in [1.54, 1.807) is 0 Å². The molecule has 0 aliphatic rings. The van der Waals surface area contributed by atoms with Gasteiger partial charge in [0, 0.05) is 19.5 Å². The molecule has 0 fully saturated rings. The lowest BCUT2D eigenvalue weighted by atomic mass is 10.3. The van der Waals surface area contributed by atoms with Crippen LogP contribution in [-0.4, -0.2) is 0 Å². The van der Waals surface area contributed by atoms with Gasteiger partial charge >= 0.3 is 0 Å². The van der Waals surface area contributed by atoms with Crippen LogP contribution < -0.4 is 0 Å². The van der Waals surface area contributed by atoms with Gasteiger partial charge in [0.25, 0.3) is 0 Å². The summed E-state index contributed by atoms with van der Waals surface area (Å²) in [5, 5.41) is 0. The molecule has 2 rings (SSSR count). The molecule has 0 aromatic carbocycles. The summed E-state index contributed by atoms with van der Waals surface area (Å²) >= 11 is 3.90. The second-order valence-corrected chi connectivity index (χ2v) is 6.37. The van der Waals surface area contributed by atoms with Crippen LogP contribution in [0.25, 0.3) is 9.75 Å². The minimum absolute atomic E-state index is 1.22. The predicted molar refractivity (Wildman–Crippen MR) is 75.6 cm³/mol. The lowest BCUT2D eigenvalue weighted by Crippen LogP contribution is -1.72. The quantitative estimate of drug-likeness (QED) is 0.668. The fraction of sp³-hybridized carbons (Fsp3) is 0.429. The monoisotopic (exact) mass is 250 g/mol. The first kappa shape index (κ1) is 11.9. The van der Waals surface area contributed by atoms with Crippen molar-refractivity contribution in [2.45, 2.75) is 39.5 Å². The van der Waals surface area contributed by atoms with Gasteiger partial charge in [-0.3, -0.25) is 0 Å². The lowest BCUT2D eigenvalue weighted by Gasteiger charge is -1.91. The van der Waals surface area contributed by atoms with E-state index in [-0.39, 0.29) is 0 Å². The van der Waals surface area contributed by atoms with E-state index >= 15 is 0 Å². The predicted octanol–water partition coefficient (Wildman–Crippen LogP) is 5.38. The molecule has 0 atom stereocenters. The summed E-state index contributed by atoms with van der Waals surface area (Å²) in [4.78, 5) is 5.91. The highest BCUT2D eigenvalue weighted by molar-refractivity contribution is 7.22. The molecule has 0 N–H and O–H groups in total. The van der Waals surface area contributed by atoms with Crippen molar-refractivity contribution in [3.8, 4) is 9.75 Å². The van der Waals surface area contributed by atoms with Gasteiger partial charge in [0.05, 0.1) is 0 Å². The first-order valence-corrected chi connectivity index (χ1v) is 7.64. The maximum absolute atomic E-state index is 2.28. The summed E-state index contributed by atoms with van der Waals surface area (Å²) in [6.07, 6.45) is 4.92. The molecule has 0 aliphatic carbocycles. The zero-order chi connectivity index (χ0) is 11.4. The summed E-state index contributed by atoms with van der Waals surface area (Å²) < 4.78 is 0. The van der Waals surface area contributed by atoms with Crippen molar-refractivity contribution in [3.05, 3.63) is 34.0 Å². The molecule has 0 nitrogen and oxygen atoms in total. The van der Waals surface area contributed by atoms with E-state index < -0.39 is 0 Å². The Morgan fingerprint density at radius 3 is 1.56 bits per heavy atom. The molecule has 0 aliphatic heterocycles. The standard InChI is InChI=1S/C14H18S2/c1-3-5-11-7-9-13(15-11)14-10-8-12(16-14)6-4-2/h7-10H,3-6H2,1-2H3. The van der Waals surface area contributed by atoms with E-state index in [0.717, 1.165) is 0 Å². The van der Waals surface area contributed by atoms with Gasteiger partial charge in [-0.05, 0) is 37.1 Å². The van der Waals surface area contributed by atoms with Crippen molar-refractivity contribution in [1.29, 1.82) is 0 Å². The molecule has 16 heavy (non-hydrogen) atoms. The maximum atomic E-state index is 2.28. The minimum Gasteiger partial charge on any atom is -0.139 e. The Labute approximate surface area is 106 Å². The zero-order valence-electron chi connectivity index (χ0n) is 9.95. The average Bonchev–Trinajstić information content (AvgIpc) is 2.87. The molecule has 2 aromatic rings. The van der Waals surface area contributed by atoms with Gasteiger partial charge < -0.3 is 0 Å². The summed E-state index contributed by atoms with van der Waals surface area (Å²) in [5.41, 5.74) is 0. The second kappa shape index (κ2) is 5.65. The van der Waals surface area contributed by atoms with Crippen LogP contribution in [0.2, 0.25) is 0 Å². The number of hydrogen-bond acceptors (Lipinski definition) is 2. The van der Waals surface area contributed by atoms with E-state index in [0.29, 0.717) is 0 Å². The van der Waals surface area contributed by atoms with Crippen LogP contribution in [0.1, 0.15) is 36.4 Å². The molecule has 86 valence electrons. The molecule has 2 heterocycles. The highest BCUT2D eigenvalue weighted by atomic mass is 32.1. The van der Waals surface area contributed by atoms with Crippen LogP contribution in [0.5, 0.6) is 0 Å². The third-order valence-electron chi connectivity index (χ3n) is 2.56. The van der Waals surface area contributed by atoms with Gasteiger partial charge in [-0.25, -0.2) is 0 Å². The van der Waals surface area contributed by atoms with E-state index in [1.807, 2.05) is 22.7 Å².